The van der Waals surface area contributed by atoms with Crippen LogP contribution in [0.2, 0.25) is 0 Å². The molecule has 0 unspecified atom stereocenters. The van der Waals surface area contributed by atoms with Gasteiger partial charge in [0.1, 0.15) is 17.5 Å². The molecule has 5 heteroatoms. The third-order valence-corrected chi connectivity index (χ3v) is 6.53. The lowest BCUT2D eigenvalue weighted by molar-refractivity contribution is -0.642. The third-order valence-electron chi connectivity index (χ3n) is 4.27. The van der Waals surface area contributed by atoms with Crippen molar-refractivity contribution < 1.29 is 9.30 Å². The summed E-state index contributed by atoms with van der Waals surface area (Å²) in [5, 5.41) is 2.45. The quantitative estimate of drug-likeness (QED) is 0.485. The number of aryl methyl sites for hydroxylation is 1. The van der Waals surface area contributed by atoms with Crippen LogP contribution in [-0.4, -0.2) is 13.7 Å². The summed E-state index contributed by atoms with van der Waals surface area (Å²) in [5.41, 5.74) is 2.47. The molecule has 0 spiro atoms. The van der Waals surface area contributed by atoms with Crippen LogP contribution in [0.25, 0.3) is 16.3 Å². The molecular formula is C20H19N2OS2+. The fourth-order valence-electron chi connectivity index (χ4n) is 2.99. The first-order chi connectivity index (χ1) is 12.2. The van der Waals surface area contributed by atoms with Gasteiger partial charge in [0.2, 0.25) is 5.52 Å². The van der Waals surface area contributed by atoms with Crippen LogP contribution >= 0.6 is 23.1 Å². The summed E-state index contributed by atoms with van der Waals surface area (Å²) in [4.78, 5) is 3.52. The number of rotatable bonds is 4. The minimum Gasteiger partial charge on any atom is -0.497 e. The van der Waals surface area contributed by atoms with Gasteiger partial charge in [0.05, 0.1) is 23.9 Å². The van der Waals surface area contributed by atoms with Crippen molar-refractivity contribution in [2.75, 3.05) is 18.6 Å². The zero-order chi connectivity index (χ0) is 17.4. The highest BCUT2D eigenvalue weighted by molar-refractivity contribution is 8.03. The molecule has 0 N–H and O–H groups in total. The van der Waals surface area contributed by atoms with E-state index < -0.39 is 0 Å². The number of anilines is 1. The largest absolute Gasteiger partial charge is 0.497 e. The number of aromatic nitrogens is 1. The maximum absolute atomic E-state index is 5.37. The van der Waals surface area contributed by atoms with Crippen LogP contribution in [0.4, 0.5) is 5.69 Å². The first-order valence-corrected chi connectivity index (χ1v) is 9.68. The summed E-state index contributed by atoms with van der Waals surface area (Å²) in [6, 6.07) is 14.7. The molecule has 2 aromatic carbocycles. The Balaban J connectivity index is 1.79. The first kappa shape index (κ1) is 16.2. The molecule has 0 amide bonds. The Morgan fingerprint density at radius 2 is 2.08 bits per heavy atom. The van der Waals surface area contributed by atoms with Gasteiger partial charge in [0, 0.05) is 17.5 Å². The molecule has 3 aromatic rings. The van der Waals surface area contributed by atoms with Crippen molar-refractivity contribution in [2.45, 2.75) is 4.90 Å². The van der Waals surface area contributed by atoms with E-state index in [4.69, 9.17) is 4.74 Å². The first-order valence-electron chi connectivity index (χ1n) is 8.05. The Morgan fingerprint density at radius 3 is 2.84 bits per heavy atom. The van der Waals surface area contributed by atoms with Crippen molar-refractivity contribution >= 4 is 45.1 Å². The molecule has 0 fully saturated rings. The van der Waals surface area contributed by atoms with Crippen molar-refractivity contribution in [3.63, 3.8) is 0 Å². The topological polar surface area (TPSA) is 16.4 Å². The van der Waals surface area contributed by atoms with Gasteiger partial charge < -0.3 is 9.64 Å². The van der Waals surface area contributed by atoms with Gasteiger partial charge in [-0.3, -0.25) is 0 Å². The molecule has 0 saturated carbocycles. The maximum Gasteiger partial charge on any atom is 0.265 e. The molecule has 1 aromatic heterocycles. The molecule has 2 heterocycles. The second-order valence-corrected chi connectivity index (χ2v) is 7.91. The molecule has 126 valence electrons. The van der Waals surface area contributed by atoms with E-state index in [1.54, 1.807) is 18.9 Å². The van der Waals surface area contributed by atoms with E-state index in [2.05, 4.69) is 65.6 Å². The second-order valence-electron chi connectivity index (χ2n) is 5.78. The highest BCUT2D eigenvalue weighted by Gasteiger charge is 2.26. The number of benzene rings is 2. The van der Waals surface area contributed by atoms with E-state index in [0.717, 1.165) is 12.3 Å². The number of methoxy groups -OCH3 is 1. The second kappa shape index (κ2) is 6.58. The van der Waals surface area contributed by atoms with Crippen molar-refractivity contribution in [2.24, 2.45) is 7.05 Å². The predicted molar refractivity (Wildman–Crippen MR) is 107 cm³/mol. The number of nitrogens with zero attached hydrogens (tertiary/aromatic N) is 2. The standard InChI is InChI=1S/C20H19N2OS2/c1-4-11-22-16-10-9-14(23-3)12-18(16)25-20(22)13-19-21(2)15-7-5-6-8-17(15)24-19/h4-10,12-13H,1,11H2,2-3H3/q+1. The van der Waals surface area contributed by atoms with Gasteiger partial charge in [-0.2, -0.15) is 4.57 Å². The van der Waals surface area contributed by atoms with E-state index >= 15 is 0 Å². The zero-order valence-electron chi connectivity index (χ0n) is 14.2. The van der Waals surface area contributed by atoms with Gasteiger partial charge in [-0.1, -0.05) is 41.3 Å². The maximum atomic E-state index is 5.37. The van der Waals surface area contributed by atoms with E-state index in [0.29, 0.717) is 0 Å². The van der Waals surface area contributed by atoms with Gasteiger partial charge in [-0.15, -0.1) is 6.58 Å². The average Bonchev–Trinajstić information content (AvgIpc) is 3.13. The summed E-state index contributed by atoms with van der Waals surface area (Å²) >= 11 is 3.59. The highest BCUT2D eigenvalue weighted by Crippen LogP contribution is 2.48. The average molecular weight is 368 g/mol. The van der Waals surface area contributed by atoms with Crippen molar-refractivity contribution in [3.05, 3.63) is 65.2 Å². The van der Waals surface area contributed by atoms with Crippen LogP contribution in [0.5, 0.6) is 5.75 Å². The molecule has 0 bridgehead atoms. The van der Waals surface area contributed by atoms with Crippen LogP contribution in [0.1, 0.15) is 5.01 Å². The van der Waals surface area contributed by atoms with Crippen LogP contribution in [-0.2, 0) is 7.05 Å². The molecule has 1 aliphatic heterocycles. The normalized spacial score (nSPS) is 15.0. The summed E-state index contributed by atoms with van der Waals surface area (Å²) in [6.45, 7) is 4.70. The Hall–Kier alpha value is -2.24. The van der Waals surface area contributed by atoms with Crippen LogP contribution in [0.3, 0.4) is 0 Å². The number of thioether (sulfide) groups is 1. The lowest BCUT2D eigenvalue weighted by Gasteiger charge is -2.17. The minimum absolute atomic E-state index is 0.784. The Kier molecular flexibility index (Phi) is 4.27. The Morgan fingerprint density at radius 1 is 1.24 bits per heavy atom. The summed E-state index contributed by atoms with van der Waals surface area (Å²) in [7, 11) is 3.83. The van der Waals surface area contributed by atoms with Gasteiger partial charge in [-0.25, -0.2) is 0 Å². The van der Waals surface area contributed by atoms with E-state index in [1.807, 2.05) is 23.5 Å². The lowest BCUT2D eigenvalue weighted by Crippen LogP contribution is -2.29. The van der Waals surface area contributed by atoms with Crippen LogP contribution < -0.4 is 14.2 Å². The molecule has 0 saturated heterocycles. The lowest BCUT2D eigenvalue weighted by atomic mass is 10.2. The SMILES string of the molecule is C=CCN1/C(=C/c2sc3ccccc3[n+]2C)Sc2cc(OC)ccc21. The van der Waals surface area contributed by atoms with Crippen LogP contribution in [0.15, 0.2) is 65.0 Å². The van der Waals surface area contributed by atoms with E-state index in [9.17, 15) is 0 Å². The third kappa shape index (κ3) is 2.83. The van der Waals surface area contributed by atoms with E-state index in [1.165, 1.54) is 30.8 Å². The zero-order valence-corrected chi connectivity index (χ0v) is 15.9. The summed E-state index contributed by atoms with van der Waals surface area (Å²) in [6.07, 6.45) is 4.21. The summed E-state index contributed by atoms with van der Waals surface area (Å²) in [5.74, 6) is 0.887. The van der Waals surface area contributed by atoms with Crippen molar-refractivity contribution in [1.29, 1.82) is 0 Å². The minimum atomic E-state index is 0.784. The van der Waals surface area contributed by atoms with Crippen molar-refractivity contribution in [1.82, 2.24) is 0 Å². The number of hydrogen-bond acceptors (Lipinski definition) is 4. The van der Waals surface area contributed by atoms with Gasteiger partial charge in [-0.05, 0) is 24.3 Å². The molecule has 25 heavy (non-hydrogen) atoms. The molecule has 3 nitrogen and oxygen atoms in total. The van der Waals surface area contributed by atoms with Gasteiger partial charge in [0.15, 0.2) is 0 Å². The Bertz CT molecular complexity index is 991. The molecule has 0 radical (unpaired) electrons. The molecule has 4 rings (SSSR count). The van der Waals surface area contributed by atoms with E-state index in [-0.39, 0.29) is 0 Å². The predicted octanol–water partition coefficient (Wildman–Crippen LogP) is 4.83. The number of thiazole rings is 1. The fraction of sp³-hybridized carbons (Fsp3) is 0.150. The summed E-state index contributed by atoms with van der Waals surface area (Å²) < 4.78 is 8.93. The highest BCUT2D eigenvalue weighted by atomic mass is 32.2. The van der Waals surface area contributed by atoms with Crippen molar-refractivity contribution in [3.8, 4) is 5.75 Å². The smallest absolute Gasteiger partial charge is 0.265 e. The monoisotopic (exact) mass is 367 g/mol. The Labute approximate surface area is 155 Å². The number of hydrogen-bond donors (Lipinski definition) is 0. The van der Waals surface area contributed by atoms with Gasteiger partial charge in [0.25, 0.3) is 5.01 Å². The number of fused-ring (bicyclic) bond motifs is 2. The number of ether oxygens (including phenoxy) is 1. The number of para-hydroxylation sites is 1. The molecular weight excluding hydrogens is 348 g/mol. The molecule has 1 aliphatic rings. The molecule has 0 atom stereocenters. The molecule has 0 aliphatic carbocycles. The fourth-order valence-corrected chi connectivity index (χ4v) is 5.29. The van der Waals surface area contributed by atoms with Gasteiger partial charge >= 0.3 is 0 Å². The van der Waals surface area contributed by atoms with Crippen LogP contribution in [0, 0.1) is 0 Å².